The summed E-state index contributed by atoms with van der Waals surface area (Å²) in [4.78, 5) is 2.04. The summed E-state index contributed by atoms with van der Waals surface area (Å²) in [7, 11) is 3.99. The summed E-state index contributed by atoms with van der Waals surface area (Å²) in [5.41, 5.74) is 0. The van der Waals surface area contributed by atoms with Crippen LogP contribution in [0.2, 0.25) is 0 Å². The van der Waals surface area contributed by atoms with E-state index in [1.807, 2.05) is 23.7 Å². The van der Waals surface area contributed by atoms with E-state index in [1.165, 1.54) is 11.3 Å². The number of aromatic nitrogens is 2. The Morgan fingerprint density at radius 3 is 2.71 bits per heavy atom. The Morgan fingerprint density at radius 2 is 2.21 bits per heavy atom. The molecular formula is C8H16N4S2. The molecule has 0 radical (unpaired) electrons. The van der Waals surface area contributed by atoms with Gasteiger partial charge in [0, 0.05) is 6.04 Å². The summed E-state index contributed by atoms with van der Waals surface area (Å²) in [6.45, 7) is 4.90. The molecule has 4 nitrogen and oxygen atoms in total. The van der Waals surface area contributed by atoms with Crippen LogP contribution in [0.4, 0.5) is 5.13 Å². The van der Waals surface area contributed by atoms with Crippen molar-refractivity contribution in [1.29, 1.82) is 0 Å². The summed E-state index contributed by atoms with van der Waals surface area (Å²) < 4.78 is 2.63. The zero-order valence-electron chi connectivity index (χ0n) is 8.94. The number of nitrogens with zero attached hydrogens (tertiary/aromatic N) is 3. The molecule has 0 bridgehead atoms. The van der Waals surface area contributed by atoms with Crippen LogP contribution in [0.25, 0.3) is 0 Å². The SMILES string of the molecule is CC(C)Nc1nn(CN(C)C)c(=S)s1. The van der Waals surface area contributed by atoms with Crippen LogP contribution in [0.5, 0.6) is 0 Å². The van der Waals surface area contributed by atoms with Gasteiger partial charge in [-0.25, -0.2) is 4.68 Å². The first-order valence-corrected chi connectivity index (χ1v) is 5.70. The minimum Gasteiger partial charge on any atom is -0.358 e. The molecule has 14 heavy (non-hydrogen) atoms. The van der Waals surface area contributed by atoms with Crippen molar-refractivity contribution in [3.05, 3.63) is 3.95 Å². The Balaban J connectivity index is 2.77. The van der Waals surface area contributed by atoms with E-state index in [0.717, 1.165) is 15.8 Å². The molecule has 0 spiro atoms. The van der Waals surface area contributed by atoms with Gasteiger partial charge in [0.05, 0.1) is 6.67 Å². The van der Waals surface area contributed by atoms with Crippen molar-refractivity contribution < 1.29 is 0 Å². The lowest BCUT2D eigenvalue weighted by Crippen LogP contribution is -2.18. The molecule has 0 aromatic carbocycles. The van der Waals surface area contributed by atoms with E-state index in [2.05, 4.69) is 24.3 Å². The third-order valence-corrected chi connectivity index (χ3v) is 2.67. The first-order valence-electron chi connectivity index (χ1n) is 4.48. The molecule has 80 valence electrons. The fraction of sp³-hybridized carbons (Fsp3) is 0.750. The number of rotatable bonds is 4. The first kappa shape index (κ1) is 11.6. The largest absolute Gasteiger partial charge is 0.358 e. The topological polar surface area (TPSA) is 33.1 Å². The van der Waals surface area contributed by atoms with Crippen molar-refractivity contribution in [2.45, 2.75) is 26.6 Å². The molecule has 1 N–H and O–H groups in total. The lowest BCUT2D eigenvalue weighted by molar-refractivity contribution is 0.306. The molecular weight excluding hydrogens is 216 g/mol. The maximum atomic E-state index is 5.20. The second kappa shape index (κ2) is 4.86. The Kier molecular flexibility index (Phi) is 4.03. The normalized spacial score (nSPS) is 11.3. The Morgan fingerprint density at radius 1 is 1.57 bits per heavy atom. The van der Waals surface area contributed by atoms with E-state index in [0.29, 0.717) is 6.04 Å². The molecule has 0 unspecified atom stereocenters. The molecule has 0 aliphatic heterocycles. The Bertz CT molecular complexity index is 339. The summed E-state index contributed by atoms with van der Waals surface area (Å²) >= 11 is 6.71. The van der Waals surface area contributed by atoms with E-state index in [-0.39, 0.29) is 0 Å². The number of nitrogens with one attached hydrogen (secondary N) is 1. The van der Waals surface area contributed by atoms with E-state index in [1.54, 1.807) is 0 Å². The van der Waals surface area contributed by atoms with Crippen LogP contribution in [-0.4, -0.2) is 34.8 Å². The van der Waals surface area contributed by atoms with E-state index in [4.69, 9.17) is 12.2 Å². The predicted octanol–water partition coefficient (Wildman–Crippen LogP) is 2.01. The van der Waals surface area contributed by atoms with Gasteiger partial charge < -0.3 is 5.32 Å². The molecule has 1 aromatic rings. The summed E-state index contributed by atoms with van der Waals surface area (Å²) in [5.74, 6) is 0. The summed E-state index contributed by atoms with van der Waals surface area (Å²) in [6.07, 6.45) is 0. The molecule has 0 saturated carbocycles. The third-order valence-electron chi connectivity index (χ3n) is 1.44. The van der Waals surface area contributed by atoms with Crippen molar-refractivity contribution in [1.82, 2.24) is 14.7 Å². The van der Waals surface area contributed by atoms with Gasteiger partial charge in [-0.05, 0) is 40.2 Å². The van der Waals surface area contributed by atoms with Crippen LogP contribution in [0.3, 0.4) is 0 Å². The number of hydrogen-bond acceptors (Lipinski definition) is 5. The molecule has 0 atom stereocenters. The highest BCUT2D eigenvalue weighted by atomic mass is 32.1. The van der Waals surface area contributed by atoms with Crippen LogP contribution < -0.4 is 5.32 Å². The Labute approximate surface area is 93.5 Å². The third kappa shape index (κ3) is 3.36. The van der Waals surface area contributed by atoms with Crippen molar-refractivity contribution in [3.8, 4) is 0 Å². The van der Waals surface area contributed by atoms with E-state index in [9.17, 15) is 0 Å². The van der Waals surface area contributed by atoms with Gasteiger partial charge in [0.15, 0.2) is 3.95 Å². The first-order chi connectivity index (χ1) is 6.49. The summed E-state index contributed by atoms with van der Waals surface area (Å²) in [5, 5.41) is 8.50. The smallest absolute Gasteiger partial charge is 0.204 e. The van der Waals surface area contributed by atoms with Crippen LogP contribution in [0.15, 0.2) is 0 Å². The molecule has 0 fully saturated rings. The van der Waals surface area contributed by atoms with Crippen LogP contribution in [0, 0.1) is 3.95 Å². The molecule has 1 rings (SSSR count). The molecule has 1 heterocycles. The average Bonchev–Trinajstić information content (AvgIpc) is 2.28. The zero-order valence-corrected chi connectivity index (χ0v) is 10.6. The van der Waals surface area contributed by atoms with Crippen molar-refractivity contribution >= 4 is 28.7 Å². The van der Waals surface area contributed by atoms with Crippen molar-refractivity contribution in [2.75, 3.05) is 19.4 Å². The zero-order chi connectivity index (χ0) is 10.7. The van der Waals surface area contributed by atoms with E-state index >= 15 is 0 Å². The molecule has 1 aromatic heterocycles. The predicted molar refractivity (Wildman–Crippen MR) is 63.4 cm³/mol. The quantitative estimate of drug-likeness (QED) is 0.805. The number of anilines is 1. The monoisotopic (exact) mass is 232 g/mol. The average molecular weight is 232 g/mol. The van der Waals surface area contributed by atoms with Gasteiger partial charge in [-0.3, -0.25) is 4.90 Å². The highest BCUT2D eigenvalue weighted by Crippen LogP contribution is 2.15. The molecule has 0 aliphatic rings. The maximum Gasteiger partial charge on any atom is 0.204 e. The van der Waals surface area contributed by atoms with Crippen LogP contribution >= 0.6 is 23.6 Å². The number of hydrogen-bond donors (Lipinski definition) is 1. The molecule has 0 amide bonds. The van der Waals surface area contributed by atoms with Crippen LogP contribution in [-0.2, 0) is 6.67 Å². The lowest BCUT2D eigenvalue weighted by Gasteiger charge is -2.08. The minimum atomic E-state index is 0.392. The summed E-state index contributed by atoms with van der Waals surface area (Å²) in [6, 6.07) is 0.392. The minimum absolute atomic E-state index is 0.392. The fourth-order valence-electron chi connectivity index (χ4n) is 0.969. The standard InChI is InChI=1S/C8H16N4S2/c1-6(2)9-7-10-12(5-11(3)4)8(13)14-7/h6H,5H2,1-4H3,(H,9,10). The van der Waals surface area contributed by atoms with Gasteiger partial charge in [-0.2, -0.15) is 0 Å². The maximum absolute atomic E-state index is 5.20. The van der Waals surface area contributed by atoms with Gasteiger partial charge >= 0.3 is 0 Å². The molecule has 6 heteroatoms. The van der Waals surface area contributed by atoms with Gasteiger partial charge in [-0.1, -0.05) is 11.3 Å². The fourth-order valence-corrected chi connectivity index (χ4v) is 2.11. The van der Waals surface area contributed by atoms with E-state index < -0.39 is 0 Å². The van der Waals surface area contributed by atoms with Gasteiger partial charge in [0.1, 0.15) is 0 Å². The lowest BCUT2D eigenvalue weighted by atomic mass is 10.4. The highest BCUT2D eigenvalue weighted by molar-refractivity contribution is 7.73. The molecule has 0 saturated heterocycles. The van der Waals surface area contributed by atoms with Crippen molar-refractivity contribution in [2.24, 2.45) is 0 Å². The second-order valence-electron chi connectivity index (χ2n) is 3.69. The van der Waals surface area contributed by atoms with Gasteiger partial charge in [0.2, 0.25) is 5.13 Å². The highest BCUT2D eigenvalue weighted by Gasteiger charge is 2.04. The van der Waals surface area contributed by atoms with Gasteiger partial charge in [0.25, 0.3) is 0 Å². The van der Waals surface area contributed by atoms with Crippen LogP contribution in [0.1, 0.15) is 13.8 Å². The second-order valence-corrected chi connectivity index (χ2v) is 5.32. The van der Waals surface area contributed by atoms with Crippen molar-refractivity contribution in [3.63, 3.8) is 0 Å². The van der Waals surface area contributed by atoms with Gasteiger partial charge in [-0.15, -0.1) is 5.10 Å². The Hall–Kier alpha value is -0.460. The molecule has 0 aliphatic carbocycles.